The van der Waals surface area contributed by atoms with Crippen molar-refractivity contribution in [2.75, 3.05) is 25.0 Å². The lowest BCUT2D eigenvalue weighted by Gasteiger charge is -2.31. The number of halogens is 1. The van der Waals surface area contributed by atoms with Gasteiger partial charge in [-0.25, -0.2) is 0 Å². The lowest BCUT2D eigenvalue weighted by molar-refractivity contribution is -0.149. The van der Waals surface area contributed by atoms with Crippen LogP contribution in [0.5, 0.6) is 0 Å². The molecule has 1 saturated heterocycles. The third kappa shape index (κ3) is 6.22. The molecule has 1 aliphatic heterocycles. The van der Waals surface area contributed by atoms with E-state index < -0.39 is 5.54 Å². The lowest BCUT2D eigenvalue weighted by atomic mass is 9.96. The van der Waals surface area contributed by atoms with Crippen molar-refractivity contribution in [3.8, 4) is 0 Å². The molecule has 0 atom stereocenters. The number of benzene rings is 1. The largest absolute Gasteiger partial charge is 0.466 e. The van der Waals surface area contributed by atoms with Crippen LogP contribution in [-0.4, -0.2) is 47.9 Å². The summed E-state index contributed by atoms with van der Waals surface area (Å²) >= 11 is 0. The first kappa shape index (κ1) is 22.9. The highest BCUT2D eigenvalue weighted by Crippen LogP contribution is 2.21. The fourth-order valence-corrected chi connectivity index (χ4v) is 2.75. The van der Waals surface area contributed by atoms with Crippen molar-refractivity contribution in [3.05, 3.63) is 29.8 Å². The Morgan fingerprint density at radius 1 is 1.19 bits per heavy atom. The first-order valence-electron chi connectivity index (χ1n) is 8.88. The first-order chi connectivity index (χ1) is 12.2. The molecule has 7 nitrogen and oxygen atoms in total. The second kappa shape index (κ2) is 9.71. The lowest BCUT2D eigenvalue weighted by Crippen LogP contribution is -2.45. The summed E-state index contributed by atoms with van der Waals surface area (Å²) in [4.78, 5) is 38.0. The molecule has 0 saturated carbocycles. The monoisotopic (exact) mass is 397 g/mol. The predicted molar refractivity (Wildman–Crippen MR) is 106 cm³/mol. The Morgan fingerprint density at radius 3 is 2.22 bits per heavy atom. The highest BCUT2D eigenvalue weighted by Gasteiger charge is 2.28. The van der Waals surface area contributed by atoms with Gasteiger partial charge in [-0.05, 0) is 57.9 Å². The maximum atomic E-state index is 12.6. The van der Waals surface area contributed by atoms with Gasteiger partial charge in [0, 0.05) is 24.3 Å². The Hall–Kier alpha value is -2.12. The molecule has 8 heteroatoms. The second-order valence-corrected chi connectivity index (χ2v) is 7.07. The molecule has 0 radical (unpaired) electrons. The van der Waals surface area contributed by atoms with Crippen LogP contribution in [0.1, 0.15) is 44.0 Å². The summed E-state index contributed by atoms with van der Waals surface area (Å²) in [5.41, 5.74) is 5.91. The number of hydrogen-bond donors (Lipinski definition) is 2. The Kier molecular flexibility index (Phi) is 8.24. The number of carbonyl (C=O) groups excluding carboxylic acids is 3. The van der Waals surface area contributed by atoms with Gasteiger partial charge in [-0.2, -0.15) is 0 Å². The van der Waals surface area contributed by atoms with E-state index in [0.29, 0.717) is 43.8 Å². The summed E-state index contributed by atoms with van der Waals surface area (Å²) in [5.74, 6) is -0.680. The van der Waals surface area contributed by atoms with Crippen LogP contribution >= 0.6 is 12.4 Å². The summed E-state index contributed by atoms with van der Waals surface area (Å²) in [7, 11) is 0. The van der Waals surface area contributed by atoms with Crippen LogP contribution in [0.3, 0.4) is 0 Å². The van der Waals surface area contributed by atoms with Crippen LogP contribution < -0.4 is 11.1 Å². The van der Waals surface area contributed by atoms with Crippen LogP contribution in [0.15, 0.2) is 24.3 Å². The zero-order valence-electron chi connectivity index (χ0n) is 16.0. The Labute approximate surface area is 166 Å². The maximum absolute atomic E-state index is 12.6. The Bertz CT molecular complexity index is 663. The number of ether oxygens (including phenoxy) is 1. The van der Waals surface area contributed by atoms with E-state index in [4.69, 9.17) is 10.5 Å². The molecule has 1 aromatic rings. The number of amides is 2. The molecule has 2 rings (SSSR count). The molecule has 0 aliphatic carbocycles. The molecule has 150 valence electrons. The summed E-state index contributed by atoms with van der Waals surface area (Å²) in [6.07, 6.45) is 1.23. The van der Waals surface area contributed by atoms with Crippen LogP contribution in [0.2, 0.25) is 0 Å². The topological polar surface area (TPSA) is 102 Å². The number of hydrogen-bond acceptors (Lipinski definition) is 5. The van der Waals surface area contributed by atoms with Gasteiger partial charge in [-0.15, -0.1) is 12.4 Å². The van der Waals surface area contributed by atoms with E-state index in [2.05, 4.69) is 5.32 Å². The molecule has 27 heavy (non-hydrogen) atoms. The van der Waals surface area contributed by atoms with E-state index in [-0.39, 0.29) is 36.1 Å². The quantitative estimate of drug-likeness (QED) is 0.741. The number of nitrogens with one attached hydrogen (secondary N) is 1. The van der Waals surface area contributed by atoms with Crippen molar-refractivity contribution in [2.24, 2.45) is 11.7 Å². The van der Waals surface area contributed by atoms with Crippen LogP contribution in [0, 0.1) is 5.92 Å². The van der Waals surface area contributed by atoms with E-state index in [1.165, 1.54) is 0 Å². The number of piperidine rings is 1. The third-order valence-corrected chi connectivity index (χ3v) is 4.38. The first-order valence-corrected chi connectivity index (χ1v) is 8.88. The number of likely N-dealkylation sites (tertiary alicyclic amines) is 1. The number of carbonyl (C=O) groups is 3. The van der Waals surface area contributed by atoms with Crippen molar-refractivity contribution in [1.82, 2.24) is 4.90 Å². The van der Waals surface area contributed by atoms with E-state index in [1.54, 1.807) is 49.9 Å². The summed E-state index contributed by atoms with van der Waals surface area (Å²) in [6, 6.07) is 6.72. The zero-order valence-corrected chi connectivity index (χ0v) is 16.8. The maximum Gasteiger partial charge on any atom is 0.309 e. The van der Waals surface area contributed by atoms with Crippen molar-refractivity contribution in [2.45, 2.75) is 39.2 Å². The standard InChI is InChI=1S/C19H27N3O4.ClH/c1-4-26-17(24)14-9-11-22(12-10-14)16(23)13-5-7-15(8-6-13)21-18(25)19(2,3)20;/h5-8,14H,4,9-12,20H2,1-3H3,(H,21,25);1H. The fraction of sp³-hybridized carbons (Fsp3) is 0.526. The molecule has 0 bridgehead atoms. The molecule has 0 unspecified atom stereocenters. The Balaban J connectivity index is 0.00000364. The van der Waals surface area contributed by atoms with Gasteiger partial charge < -0.3 is 20.7 Å². The molecule has 1 aliphatic rings. The molecular weight excluding hydrogens is 370 g/mol. The fourth-order valence-electron chi connectivity index (χ4n) is 2.75. The van der Waals surface area contributed by atoms with Crippen LogP contribution in [0.25, 0.3) is 0 Å². The number of anilines is 1. The average molecular weight is 398 g/mol. The Morgan fingerprint density at radius 2 is 1.74 bits per heavy atom. The van der Waals surface area contributed by atoms with Gasteiger partial charge in [0.05, 0.1) is 18.1 Å². The minimum atomic E-state index is -0.974. The van der Waals surface area contributed by atoms with Gasteiger partial charge in [-0.3, -0.25) is 14.4 Å². The predicted octanol–water partition coefficient (Wildman–Crippen LogP) is 2.20. The molecule has 0 spiro atoms. The molecule has 1 heterocycles. The van der Waals surface area contributed by atoms with Gasteiger partial charge >= 0.3 is 5.97 Å². The minimum absolute atomic E-state index is 0. The highest BCUT2D eigenvalue weighted by molar-refractivity contribution is 5.98. The van der Waals surface area contributed by atoms with Crippen molar-refractivity contribution >= 4 is 35.9 Å². The van der Waals surface area contributed by atoms with Crippen molar-refractivity contribution in [3.63, 3.8) is 0 Å². The minimum Gasteiger partial charge on any atom is -0.466 e. The van der Waals surface area contributed by atoms with Gasteiger partial charge in [-0.1, -0.05) is 0 Å². The molecule has 1 fully saturated rings. The van der Waals surface area contributed by atoms with E-state index >= 15 is 0 Å². The van der Waals surface area contributed by atoms with Crippen LogP contribution in [-0.2, 0) is 14.3 Å². The number of nitrogens with zero attached hydrogens (tertiary/aromatic N) is 1. The van der Waals surface area contributed by atoms with Crippen LogP contribution in [0.4, 0.5) is 5.69 Å². The third-order valence-electron chi connectivity index (χ3n) is 4.38. The van der Waals surface area contributed by atoms with Crippen molar-refractivity contribution in [1.29, 1.82) is 0 Å². The molecular formula is C19H28ClN3O4. The number of esters is 1. The zero-order chi connectivity index (χ0) is 19.3. The molecule has 2 amide bonds. The second-order valence-electron chi connectivity index (χ2n) is 7.07. The number of rotatable bonds is 5. The molecule has 0 aromatic heterocycles. The van der Waals surface area contributed by atoms with E-state index in [0.717, 1.165) is 0 Å². The number of nitrogens with two attached hydrogens (primary N) is 1. The normalized spacial score (nSPS) is 14.9. The summed E-state index contributed by atoms with van der Waals surface area (Å²) in [6.45, 7) is 6.48. The smallest absolute Gasteiger partial charge is 0.309 e. The van der Waals surface area contributed by atoms with Gasteiger partial charge in [0.1, 0.15) is 0 Å². The highest BCUT2D eigenvalue weighted by atomic mass is 35.5. The summed E-state index contributed by atoms with van der Waals surface area (Å²) < 4.78 is 5.04. The van der Waals surface area contributed by atoms with Gasteiger partial charge in [0.2, 0.25) is 5.91 Å². The van der Waals surface area contributed by atoms with E-state index in [9.17, 15) is 14.4 Å². The van der Waals surface area contributed by atoms with Gasteiger partial charge in [0.15, 0.2) is 0 Å². The van der Waals surface area contributed by atoms with Gasteiger partial charge in [0.25, 0.3) is 5.91 Å². The SMILES string of the molecule is CCOC(=O)C1CCN(C(=O)c2ccc(NC(=O)C(C)(C)N)cc2)CC1.Cl. The molecule has 3 N–H and O–H groups in total. The molecule has 1 aromatic carbocycles. The van der Waals surface area contributed by atoms with Crippen molar-refractivity contribution < 1.29 is 19.1 Å². The average Bonchev–Trinajstić information content (AvgIpc) is 2.61. The van der Waals surface area contributed by atoms with E-state index in [1.807, 2.05) is 0 Å². The summed E-state index contributed by atoms with van der Waals surface area (Å²) in [5, 5.41) is 2.72.